The van der Waals surface area contributed by atoms with E-state index in [1.165, 1.54) is 19.2 Å². The molecule has 0 saturated heterocycles. The highest BCUT2D eigenvalue weighted by atomic mass is 16.7. The number of amides is 1. The monoisotopic (exact) mass is 401 g/mol. The van der Waals surface area contributed by atoms with Gasteiger partial charge >= 0.3 is 5.97 Å². The average molecular weight is 401 g/mol. The summed E-state index contributed by atoms with van der Waals surface area (Å²) in [7, 11) is 1.53. The number of nitrogens with one attached hydrogen (secondary N) is 2. The zero-order valence-corrected chi connectivity index (χ0v) is 15.8. The van der Waals surface area contributed by atoms with Gasteiger partial charge in [-0.3, -0.25) is 14.9 Å². The number of ether oxygens (including phenoxy) is 3. The lowest BCUT2D eigenvalue weighted by Gasteiger charge is -2.15. The van der Waals surface area contributed by atoms with Crippen LogP contribution < -0.4 is 20.1 Å². The number of carbonyl (C=O) groups is 2. The van der Waals surface area contributed by atoms with E-state index in [9.17, 15) is 19.7 Å². The van der Waals surface area contributed by atoms with Crippen LogP contribution in [0.5, 0.6) is 11.5 Å². The van der Waals surface area contributed by atoms with Crippen LogP contribution in [0, 0.1) is 10.1 Å². The van der Waals surface area contributed by atoms with Gasteiger partial charge in [0.15, 0.2) is 18.1 Å². The first-order valence-electron chi connectivity index (χ1n) is 8.71. The quantitative estimate of drug-likeness (QED) is 0.411. The highest BCUT2D eigenvalue weighted by Crippen LogP contribution is 2.34. The number of nitrogens with zero attached hydrogens (tertiary/aromatic N) is 1. The van der Waals surface area contributed by atoms with Gasteiger partial charge in [0.2, 0.25) is 6.79 Å². The Kier molecular flexibility index (Phi) is 5.82. The molecule has 0 aromatic heterocycles. The summed E-state index contributed by atoms with van der Waals surface area (Å²) < 4.78 is 15.5. The molecule has 2 aromatic carbocycles. The van der Waals surface area contributed by atoms with E-state index in [1.54, 1.807) is 25.1 Å². The van der Waals surface area contributed by atoms with Crippen LogP contribution in [0.4, 0.5) is 11.4 Å². The van der Waals surface area contributed by atoms with Crippen molar-refractivity contribution in [3.05, 3.63) is 57.6 Å². The number of anilines is 1. The molecule has 10 nitrogen and oxygen atoms in total. The summed E-state index contributed by atoms with van der Waals surface area (Å²) in [6, 6.07) is 8.84. The standard InChI is InChI=1S/C19H19N3O7/c1-11(12-4-6-16-17(8-12)29-10-28-16)21-18(23)9-27-19(24)13-3-5-14(20-2)15(7-13)22(25)26/h3-8,11,20H,9-10H2,1-2H3,(H,21,23)/t11-/m0/s1. The lowest BCUT2D eigenvalue weighted by Crippen LogP contribution is -2.31. The van der Waals surface area contributed by atoms with Crippen molar-refractivity contribution in [3.8, 4) is 11.5 Å². The molecule has 0 spiro atoms. The van der Waals surface area contributed by atoms with Crippen molar-refractivity contribution in [2.75, 3.05) is 25.8 Å². The first kappa shape index (κ1) is 19.9. The fourth-order valence-electron chi connectivity index (χ4n) is 2.78. The highest BCUT2D eigenvalue weighted by molar-refractivity contribution is 5.93. The van der Waals surface area contributed by atoms with Gasteiger partial charge in [-0.25, -0.2) is 4.79 Å². The molecule has 0 fully saturated rings. The molecule has 1 amide bonds. The van der Waals surface area contributed by atoms with Gasteiger partial charge in [-0.1, -0.05) is 6.07 Å². The van der Waals surface area contributed by atoms with Crippen LogP contribution in [-0.2, 0) is 9.53 Å². The summed E-state index contributed by atoms with van der Waals surface area (Å²) >= 11 is 0. The van der Waals surface area contributed by atoms with E-state index < -0.39 is 23.4 Å². The lowest BCUT2D eigenvalue weighted by molar-refractivity contribution is -0.384. The Morgan fingerprint density at radius 3 is 2.69 bits per heavy atom. The number of hydrogen-bond donors (Lipinski definition) is 2. The highest BCUT2D eigenvalue weighted by Gasteiger charge is 2.20. The fourth-order valence-corrected chi connectivity index (χ4v) is 2.78. The van der Waals surface area contributed by atoms with Gasteiger partial charge < -0.3 is 24.8 Å². The summed E-state index contributed by atoms with van der Waals surface area (Å²) in [6.45, 7) is 1.41. The SMILES string of the molecule is CNc1ccc(C(=O)OCC(=O)N[C@@H](C)c2ccc3c(c2)OCO3)cc1[N+](=O)[O-]. The van der Waals surface area contributed by atoms with Crippen molar-refractivity contribution in [2.45, 2.75) is 13.0 Å². The zero-order chi connectivity index (χ0) is 21.0. The minimum absolute atomic E-state index is 0.0210. The normalized spacial score (nSPS) is 12.8. The zero-order valence-electron chi connectivity index (χ0n) is 15.8. The van der Waals surface area contributed by atoms with Crippen molar-refractivity contribution in [3.63, 3.8) is 0 Å². The Hall–Kier alpha value is -3.82. The third-order valence-corrected chi connectivity index (χ3v) is 4.31. The van der Waals surface area contributed by atoms with Gasteiger partial charge in [0.1, 0.15) is 5.69 Å². The van der Waals surface area contributed by atoms with Gasteiger partial charge in [-0.15, -0.1) is 0 Å². The predicted octanol–water partition coefficient (Wildman–Crippen LogP) is 2.40. The molecule has 1 heterocycles. The third-order valence-electron chi connectivity index (χ3n) is 4.31. The molecule has 1 aliphatic heterocycles. The van der Waals surface area contributed by atoms with Gasteiger partial charge in [0.25, 0.3) is 11.6 Å². The second kappa shape index (κ2) is 8.46. The van der Waals surface area contributed by atoms with Crippen LogP contribution in [-0.4, -0.2) is 37.2 Å². The maximum Gasteiger partial charge on any atom is 0.338 e. The molecule has 0 radical (unpaired) electrons. The molecule has 0 unspecified atom stereocenters. The first-order chi connectivity index (χ1) is 13.9. The maximum absolute atomic E-state index is 12.1. The molecule has 10 heteroatoms. The van der Waals surface area contributed by atoms with Gasteiger partial charge in [-0.2, -0.15) is 0 Å². The smallest absolute Gasteiger partial charge is 0.338 e. The minimum atomic E-state index is -0.832. The maximum atomic E-state index is 12.1. The van der Waals surface area contributed by atoms with Crippen LogP contribution >= 0.6 is 0 Å². The Labute approximate surface area is 165 Å². The number of fused-ring (bicyclic) bond motifs is 1. The lowest BCUT2D eigenvalue weighted by atomic mass is 10.1. The Balaban J connectivity index is 1.57. The molecule has 1 aliphatic rings. The molecule has 152 valence electrons. The van der Waals surface area contributed by atoms with Crippen LogP contribution in [0.2, 0.25) is 0 Å². The Bertz CT molecular complexity index is 961. The average Bonchev–Trinajstić information content (AvgIpc) is 3.19. The molecular formula is C19H19N3O7. The minimum Gasteiger partial charge on any atom is -0.454 e. The molecule has 0 bridgehead atoms. The molecule has 0 aliphatic carbocycles. The summed E-state index contributed by atoms with van der Waals surface area (Å²) in [6.07, 6.45) is 0. The Morgan fingerprint density at radius 1 is 1.21 bits per heavy atom. The van der Waals surface area contributed by atoms with Crippen LogP contribution in [0.1, 0.15) is 28.9 Å². The number of hydrogen-bond acceptors (Lipinski definition) is 8. The summed E-state index contributed by atoms with van der Waals surface area (Å²) in [5.74, 6) is -0.104. The number of rotatable bonds is 7. The van der Waals surface area contributed by atoms with E-state index in [0.29, 0.717) is 11.5 Å². The topological polar surface area (TPSA) is 129 Å². The predicted molar refractivity (Wildman–Crippen MR) is 102 cm³/mol. The largest absolute Gasteiger partial charge is 0.454 e. The summed E-state index contributed by atoms with van der Waals surface area (Å²) in [5, 5.41) is 16.5. The summed E-state index contributed by atoms with van der Waals surface area (Å²) in [4.78, 5) is 34.7. The molecular weight excluding hydrogens is 382 g/mol. The number of nitro groups is 1. The van der Waals surface area contributed by atoms with E-state index in [2.05, 4.69) is 10.6 Å². The van der Waals surface area contributed by atoms with Crippen molar-refractivity contribution in [1.82, 2.24) is 5.32 Å². The molecule has 0 saturated carbocycles. The molecule has 2 aromatic rings. The van der Waals surface area contributed by atoms with Crippen molar-refractivity contribution in [2.24, 2.45) is 0 Å². The third kappa shape index (κ3) is 4.54. The van der Waals surface area contributed by atoms with Crippen molar-refractivity contribution >= 4 is 23.3 Å². The summed E-state index contributed by atoms with van der Waals surface area (Å²) in [5.41, 5.74) is 0.782. The van der Waals surface area contributed by atoms with Crippen LogP contribution in [0.25, 0.3) is 0 Å². The fraction of sp³-hybridized carbons (Fsp3) is 0.263. The first-order valence-corrected chi connectivity index (χ1v) is 8.71. The molecule has 29 heavy (non-hydrogen) atoms. The van der Waals surface area contributed by atoms with E-state index in [-0.39, 0.29) is 29.8 Å². The second-order valence-corrected chi connectivity index (χ2v) is 6.22. The van der Waals surface area contributed by atoms with Crippen molar-refractivity contribution in [1.29, 1.82) is 0 Å². The van der Waals surface area contributed by atoms with E-state index >= 15 is 0 Å². The molecule has 2 N–H and O–H groups in total. The number of nitro benzene ring substituents is 1. The van der Waals surface area contributed by atoms with E-state index in [0.717, 1.165) is 11.6 Å². The number of esters is 1. The Morgan fingerprint density at radius 2 is 1.97 bits per heavy atom. The second-order valence-electron chi connectivity index (χ2n) is 6.22. The number of benzene rings is 2. The van der Waals surface area contributed by atoms with Crippen LogP contribution in [0.3, 0.4) is 0 Å². The van der Waals surface area contributed by atoms with Gasteiger partial charge in [0.05, 0.1) is 16.5 Å². The van der Waals surface area contributed by atoms with Gasteiger partial charge in [0, 0.05) is 13.1 Å². The van der Waals surface area contributed by atoms with Crippen molar-refractivity contribution < 1.29 is 28.7 Å². The number of carbonyl (C=O) groups excluding carboxylic acids is 2. The molecule has 1 atom stereocenters. The van der Waals surface area contributed by atoms with Crippen LogP contribution in [0.15, 0.2) is 36.4 Å². The van der Waals surface area contributed by atoms with Gasteiger partial charge in [-0.05, 0) is 36.8 Å². The molecule has 3 rings (SSSR count). The van der Waals surface area contributed by atoms with E-state index in [1.807, 2.05) is 0 Å². The van der Waals surface area contributed by atoms with E-state index in [4.69, 9.17) is 14.2 Å².